The van der Waals surface area contributed by atoms with Gasteiger partial charge in [-0.25, -0.2) is 9.37 Å². The van der Waals surface area contributed by atoms with Gasteiger partial charge >= 0.3 is 0 Å². The number of rotatable bonds is 6. The van der Waals surface area contributed by atoms with Crippen molar-refractivity contribution in [2.24, 2.45) is 0 Å². The minimum absolute atomic E-state index is 0.222. The van der Waals surface area contributed by atoms with E-state index in [-0.39, 0.29) is 5.82 Å². The molecule has 0 spiro atoms. The van der Waals surface area contributed by atoms with Crippen LogP contribution in [0, 0.1) is 12.0 Å². The summed E-state index contributed by atoms with van der Waals surface area (Å²) in [6.45, 7) is 5.59. The Balaban J connectivity index is 1.66. The number of halogens is 1. The smallest absolute Gasteiger partial charge is 0.147 e. The number of anilines is 1. The van der Waals surface area contributed by atoms with Crippen LogP contribution < -0.4 is 4.90 Å². The second-order valence-corrected chi connectivity index (χ2v) is 7.73. The molecule has 3 aromatic heterocycles. The molecule has 7 heteroatoms. The number of nitrogens with one attached hydrogen (secondary N) is 1. The summed E-state index contributed by atoms with van der Waals surface area (Å²) in [5, 5.41) is 11.9. The third kappa shape index (κ3) is 3.40. The fraction of sp³-hybridized carbons (Fsp3) is 0.200. The average molecular weight is 398 g/mol. The number of thiazole rings is 1. The van der Waals surface area contributed by atoms with Crippen molar-refractivity contribution in [3.8, 4) is 32.4 Å². The zero-order chi connectivity index (χ0) is 18.8. The first-order valence-electron chi connectivity index (χ1n) is 8.72. The third-order valence-electron chi connectivity index (χ3n) is 4.41. The number of nitrogens with zero attached hydrogens (tertiary/aromatic N) is 3. The zero-order valence-corrected chi connectivity index (χ0v) is 16.6. The topological polar surface area (TPSA) is 44.8 Å². The molecule has 0 unspecified atom stereocenters. The maximum Gasteiger partial charge on any atom is 0.147 e. The quantitative estimate of drug-likeness (QED) is 0.453. The fourth-order valence-corrected chi connectivity index (χ4v) is 4.56. The fourth-order valence-electron chi connectivity index (χ4n) is 3.01. The van der Waals surface area contributed by atoms with E-state index in [4.69, 9.17) is 4.98 Å². The molecule has 0 saturated carbocycles. The van der Waals surface area contributed by atoms with Crippen LogP contribution in [-0.2, 0) is 0 Å². The molecule has 0 bridgehead atoms. The maximum absolute atomic E-state index is 14.6. The van der Waals surface area contributed by atoms with Crippen LogP contribution in [0.5, 0.6) is 0 Å². The Labute approximate surface area is 165 Å². The number of aromatic nitrogens is 3. The molecule has 4 nitrogen and oxygen atoms in total. The number of thiophene rings is 1. The molecule has 4 aromatic rings. The van der Waals surface area contributed by atoms with Crippen molar-refractivity contribution in [1.29, 1.82) is 0 Å². The zero-order valence-electron chi connectivity index (χ0n) is 15.0. The summed E-state index contributed by atoms with van der Waals surface area (Å²) in [6, 6.07) is 9.33. The predicted octanol–water partition coefficient (Wildman–Crippen LogP) is 5.71. The van der Waals surface area contributed by atoms with E-state index in [9.17, 15) is 4.39 Å². The molecular formula is C20H18FN4S2. The van der Waals surface area contributed by atoms with Gasteiger partial charge in [-0.05, 0) is 37.4 Å². The van der Waals surface area contributed by atoms with Crippen molar-refractivity contribution >= 4 is 28.4 Å². The molecule has 0 saturated heterocycles. The van der Waals surface area contributed by atoms with Gasteiger partial charge in [-0.3, -0.25) is 5.10 Å². The summed E-state index contributed by atoms with van der Waals surface area (Å²) in [4.78, 5) is 7.76. The van der Waals surface area contributed by atoms with Gasteiger partial charge in [-0.1, -0.05) is 12.1 Å². The first kappa shape index (κ1) is 17.9. The van der Waals surface area contributed by atoms with Crippen molar-refractivity contribution in [1.82, 2.24) is 15.2 Å². The molecule has 0 aliphatic heterocycles. The first-order valence-corrected chi connectivity index (χ1v) is 10.5. The SMILES string of the molecule is CCN(CC)c1ccc(-c2csc(-c3[c][nH]nc3-c3cccs3)n2)cc1F. The highest BCUT2D eigenvalue weighted by Crippen LogP contribution is 2.36. The lowest BCUT2D eigenvalue weighted by molar-refractivity contribution is 0.620. The van der Waals surface area contributed by atoms with Crippen molar-refractivity contribution < 1.29 is 4.39 Å². The molecule has 0 amide bonds. The van der Waals surface area contributed by atoms with E-state index in [1.54, 1.807) is 17.4 Å². The molecule has 1 radical (unpaired) electrons. The second-order valence-electron chi connectivity index (χ2n) is 5.93. The molecule has 0 aliphatic carbocycles. The highest BCUT2D eigenvalue weighted by atomic mass is 32.1. The molecule has 0 aliphatic rings. The standard InChI is InChI=1S/C20H18FN4S2/c1-3-25(4-2)17-8-7-13(10-15(17)21)16-12-27-20(23-16)14-11-22-24-19(14)18-6-5-9-26-18/h5-10,12H,3-4H2,1-2H3,(H,22,24). The van der Waals surface area contributed by atoms with Crippen LogP contribution in [0.2, 0.25) is 0 Å². The lowest BCUT2D eigenvalue weighted by Crippen LogP contribution is -2.22. The van der Waals surface area contributed by atoms with Gasteiger partial charge in [-0.15, -0.1) is 22.7 Å². The van der Waals surface area contributed by atoms with E-state index in [0.29, 0.717) is 5.69 Å². The van der Waals surface area contributed by atoms with Crippen LogP contribution >= 0.6 is 22.7 Å². The summed E-state index contributed by atoms with van der Waals surface area (Å²) < 4.78 is 14.6. The van der Waals surface area contributed by atoms with Crippen LogP contribution in [0.1, 0.15) is 13.8 Å². The van der Waals surface area contributed by atoms with Gasteiger partial charge in [0.05, 0.1) is 28.0 Å². The van der Waals surface area contributed by atoms with Gasteiger partial charge in [0.25, 0.3) is 0 Å². The van der Waals surface area contributed by atoms with Crippen molar-refractivity contribution in [3.63, 3.8) is 0 Å². The normalized spacial score (nSPS) is 11.1. The van der Waals surface area contributed by atoms with Gasteiger partial charge in [0.2, 0.25) is 0 Å². The van der Waals surface area contributed by atoms with Crippen molar-refractivity contribution in [2.45, 2.75) is 13.8 Å². The molecule has 3 heterocycles. The predicted molar refractivity (Wildman–Crippen MR) is 111 cm³/mol. The summed E-state index contributed by atoms with van der Waals surface area (Å²) in [5.74, 6) is -0.222. The molecule has 1 N–H and O–H groups in total. The number of H-pyrrole nitrogens is 1. The molecule has 0 atom stereocenters. The molecular weight excluding hydrogens is 379 g/mol. The lowest BCUT2D eigenvalue weighted by Gasteiger charge is -2.21. The van der Waals surface area contributed by atoms with Crippen LogP contribution in [0.4, 0.5) is 10.1 Å². The lowest BCUT2D eigenvalue weighted by atomic mass is 10.1. The van der Waals surface area contributed by atoms with Gasteiger partial charge in [-0.2, -0.15) is 5.10 Å². The number of hydrogen-bond donors (Lipinski definition) is 1. The summed E-state index contributed by atoms with van der Waals surface area (Å²) in [6.07, 6.45) is 3.06. The van der Waals surface area contributed by atoms with Crippen LogP contribution in [0.15, 0.2) is 41.1 Å². The third-order valence-corrected chi connectivity index (χ3v) is 6.14. The Kier molecular flexibility index (Phi) is 5.05. The van der Waals surface area contributed by atoms with E-state index in [2.05, 4.69) is 16.4 Å². The summed E-state index contributed by atoms with van der Waals surface area (Å²) >= 11 is 3.13. The summed E-state index contributed by atoms with van der Waals surface area (Å²) in [5.41, 5.74) is 3.84. The molecule has 27 heavy (non-hydrogen) atoms. The average Bonchev–Trinajstić information content (AvgIpc) is 3.43. The first-order chi connectivity index (χ1) is 13.2. The van der Waals surface area contributed by atoms with Crippen molar-refractivity contribution in [2.75, 3.05) is 18.0 Å². The van der Waals surface area contributed by atoms with Gasteiger partial charge in [0.15, 0.2) is 0 Å². The Morgan fingerprint density at radius 3 is 2.74 bits per heavy atom. The van der Waals surface area contributed by atoms with Gasteiger partial charge < -0.3 is 4.90 Å². The van der Waals surface area contributed by atoms with Crippen LogP contribution in [-0.4, -0.2) is 28.3 Å². The maximum atomic E-state index is 14.6. The van der Waals surface area contributed by atoms with Crippen LogP contribution in [0.3, 0.4) is 0 Å². The van der Waals surface area contributed by atoms with Gasteiger partial charge in [0.1, 0.15) is 16.5 Å². The largest absolute Gasteiger partial charge is 0.370 e. The molecule has 4 rings (SSSR count). The number of benzene rings is 1. The van der Waals surface area contributed by atoms with E-state index < -0.39 is 0 Å². The summed E-state index contributed by atoms with van der Waals surface area (Å²) in [7, 11) is 0. The number of hydrogen-bond acceptors (Lipinski definition) is 5. The Morgan fingerprint density at radius 2 is 2.04 bits per heavy atom. The minimum Gasteiger partial charge on any atom is -0.370 e. The molecule has 0 fully saturated rings. The Morgan fingerprint density at radius 1 is 1.19 bits per heavy atom. The molecule has 1 aromatic carbocycles. The highest BCUT2D eigenvalue weighted by Gasteiger charge is 2.17. The second kappa shape index (κ2) is 7.62. The Hall–Kier alpha value is -2.51. The minimum atomic E-state index is -0.222. The molecule has 137 valence electrons. The van der Waals surface area contributed by atoms with E-state index >= 15 is 0 Å². The monoisotopic (exact) mass is 397 g/mol. The van der Waals surface area contributed by atoms with E-state index in [1.165, 1.54) is 11.3 Å². The van der Waals surface area contributed by atoms with E-state index in [0.717, 1.165) is 45.5 Å². The van der Waals surface area contributed by atoms with Gasteiger partial charge in [0, 0.05) is 24.0 Å². The van der Waals surface area contributed by atoms with Crippen molar-refractivity contribution in [3.05, 3.63) is 53.1 Å². The highest BCUT2D eigenvalue weighted by molar-refractivity contribution is 7.14. The van der Waals surface area contributed by atoms with E-state index in [1.807, 2.05) is 53.8 Å². The number of aromatic amines is 1. The Bertz CT molecular complexity index is 1030. The van der Waals surface area contributed by atoms with Crippen LogP contribution in [0.25, 0.3) is 32.4 Å².